The molecule has 1 radical (unpaired) electrons. The smallest absolute Gasteiger partial charge is 0.250 e. The van der Waals surface area contributed by atoms with Gasteiger partial charge in [-0.25, -0.2) is 0 Å². The standard InChI is InChI=1S/C10H11N2O/c11-9-7(6-4-5-6)2-1-3-8(9)10(12)13/h1-4,6H,5,11H2,(H2,12,13). The van der Waals surface area contributed by atoms with E-state index in [0.29, 0.717) is 17.2 Å². The molecule has 0 spiro atoms. The lowest BCUT2D eigenvalue weighted by Crippen LogP contribution is -2.14. The lowest BCUT2D eigenvalue weighted by molar-refractivity contribution is 0.100. The first-order valence-electron chi connectivity index (χ1n) is 4.21. The van der Waals surface area contributed by atoms with Crippen LogP contribution in [0.4, 0.5) is 5.69 Å². The minimum atomic E-state index is -0.458. The van der Waals surface area contributed by atoms with Crippen molar-refractivity contribution < 1.29 is 4.79 Å². The van der Waals surface area contributed by atoms with Crippen LogP contribution in [0.2, 0.25) is 0 Å². The van der Waals surface area contributed by atoms with Gasteiger partial charge in [0.05, 0.1) is 5.56 Å². The molecule has 1 aliphatic rings. The van der Waals surface area contributed by atoms with E-state index >= 15 is 0 Å². The van der Waals surface area contributed by atoms with Crippen LogP contribution in [0.25, 0.3) is 0 Å². The molecule has 13 heavy (non-hydrogen) atoms. The number of benzene rings is 1. The molecule has 1 atom stereocenters. The van der Waals surface area contributed by atoms with Crippen molar-refractivity contribution in [1.29, 1.82) is 0 Å². The molecule has 1 aromatic carbocycles. The number of amides is 1. The Hall–Kier alpha value is -1.51. The van der Waals surface area contributed by atoms with Crippen LogP contribution >= 0.6 is 0 Å². The average Bonchev–Trinajstić information content (AvgIpc) is 2.87. The summed E-state index contributed by atoms with van der Waals surface area (Å²) in [4.78, 5) is 10.9. The zero-order valence-electron chi connectivity index (χ0n) is 7.16. The molecule has 4 N–H and O–H groups in total. The zero-order valence-corrected chi connectivity index (χ0v) is 7.16. The van der Waals surface area contributed by atoms with E-state index in [-0.39, 0.29) is 0 Å². The molecule has 1 saturated carbocycles. The van der Waals surface area contributed by atoms with Crippen molar-refractivity contribution in [2.45, 2.75) is 12.3 Å². The number of nitrogen functional groups attached to an aromatic ring is 1. The molecule has 1 fully saturated rings. The Balaban J connectivity index is 2.47. The van der Waals surface area contributed by atoms with Crippen LogP contribution in [0.15, 0.2) is 18.2 Å². The van der Waals surface area contributed by atoms with Crippen LogP contribution < -0.4 is 11.5 Å². The number of carbonyl (C=O) groups excluding carboxylic acids is 1. The molecule has 0 saturated heterocycles. The van der Waals surface area contributed by atoms with E-state index in [0.717, 1.165) is 12.0 Å². The number of carbonyl (C=O) groups is 1. The third-order valence-corrected chi connectivity index (χ3v) is 2.28. The molecule has 0 bridgehead atoms. The average molecular weight is 175 g/mol. The van der Waals surface area contributed by atoms with E-state index in [1.54, 1.807) is 6.07 Å². The van der Waals surface area contributed by atoms with Gasteiger partial charge in [-0.1, -0.05) is 12.1 Å². The number of nitrogens with two attached hydrogens (primary N) is 2. The Morgan fingerprint density at radius 2 is 2.15 bits per heavy atom. The highest BCUT2D eigenvalue weighted by molar-refractivity contribution is 5.98. The van der Waals surface area contributed by atoms with Gasteiger partial charge in [0.1, 0.15) is 0 Å². The van der Waals surface area contributed by atoms with Gasteiger partial charge in [0, 0.05) is 5.69 Å². The van der Waals surface area contributed by atoms with Gasteiger partial charge < -0.3 is 11.5 Å². The van der Waals surface area contributed by atoms with Gasteiger partial charge >= 0.3 is 0 Å². The fourth-order valence-corrected chi connectivity index (χ4v) is 1.44. The third-order valence-electron chi connectivity index (χ3n) is 2.28. The fraction of sp³-hybridized carbons (Fsp3) is 0.200. The number of hydrogen-bond donors (Lipinski definition) is 2. The van der Waals surface area contributed by atoms with Crippen molar-refractivity contribution in [3.8, 4) is 0 Å². The Morgan fingerprint density at radius 1 is 1.46 bits per heavy atom. The van der Waals surface area contributed by atoms with Gasteiger partial charge in [-0.2, -0.15) is 0 Å². The van der Waals surface area contributed by atoms with E-state index in [1.807, 2.05) is 12.1 Å². The first-order valence-corrected chi connectivity index (χ1v) is 4.21. The summed E-state index contributed by atoms with van der Waals surface area (Å²) in [7, 11) is 0. The second-order valence-corrected chi connectivity index (χ2v) is 3.25. The van der Waals surface area contributed by atoms with Gasteiger partial charge in [0.15, 0.2) is 0 Å². The Labute approximate surface area is 76.7 Å². The normalized spacial score (nSPS) is 15.7. The van der Waals surface area contributed by atoms with Crippen molar-refractivity contribution in [3.05, 3.63) is 35.7 Å². The van der Waals surface area contributed by atoms with Crippen LogP contribution in [0.1, 0.15) is 28.3 Å². The minimum absolute atomic E-state index is 0.429. The Bertz CT molecular complexity index is 356. The molecule has 67 valence electrons. The van der Waals surface area contributed by atoms with Crippen molar-refractivity contribution in [3.63, 3.8) is 0 Å². The highest BCUT2D eigenvalue weighted by Crippen LogP contribution is 2.42. The maximum atomic E-state index is 10.9. The summed E-state index contributed by atoms with van der Waals surface area (Å²) in [5, 5.41) is 0. The highest BCUT2D eigenvalue weighted by Gasteiger charge is 2.27. The van der Waals surface area contributed by atoms with E-state index in [2.05, 4.69) is 6.42 Å². The van der Waals surface area contributed by atoms with E-state index < -0.39 is 5.91 Å². The quantitative estimate of drug-likeness (QED) is 0.660. The van der Waals surface area contributed by atoms with Crippen molar-refractivity contribution in [1.82, 2.24) is 0 Å². The first-order chi connectivity index (χ1) is 6.20. The lowest BCUT2D eigenvalue weighted by atomic mass is 10.0. The molecule has 0 aliphatic heterocycles. The summed E-state index contributed by atoms with van der Waals surface area (Å²) in [6.45, 7) is 0. The van der Waals surface area contributed by atoms with E-state index in [4.69, 9.17) is 11.5 Å². The number of hydrogen-bond acceptors (Lipinski definition) is 2. The lowest BCUT2D eigenvalue weighted by Gasteiger charge is -2.06. The van der Waals surface area contributed by atoms with Gasteiger partial charge in [0.2, 0.25) is 0 Å². The largest absolute Gasteiger partial charge is 0.398 e. The summed E-state index contributed by atoms with van der Waals surface area (Å²) in [6.07, 6.45) is 3.20. The number of para-hydroxylation sites is 1. The van der Waals surface area contributed by atoms with Crippen LogP contribution in [-0.2, 0) is 0 Å². The summed E-state index contributed by atoms with van der Waals surface area (Å²) < 4.78 is 0. The highest BCUT2D eigenvalue weighted by atomic mass is 16.1. The molecule has 1 aromatic rings. The van der Waals surface area contributed by atoms with E-state index in [9.17, 15) is 4.79 Å². The summed E-state index contributed by atoms with van der Waals surface area (Å²) in [6, 6.07) is 5.41. The first kappa shape index (κ1) is 8.10. The van der Waals surface area contributed by atoms with Gasteiger partial charge in [-0.05, 0) is 30.4 Å². The molecule has 0 heterocycles. The minimum Gasteiger partial charge on any atom is -0.398 e. The number of primary amides is 1. The van der Waals surface area contributed by atoms with Crippen LogP contribution in [0.5, 0.6) is 0 Å². The van der Waals surface area contributed by atoms with Gasteiger partial charge in [-0.3, -0.25) is 4.79 Å². The summed E-state index contributed by atoms with van der Waals surface area (Å²) >= 11 is 0. The van der Waals surface area contributed by atoms with Gasteiger partial charge in [0.25, 0.3) is 5.91 Å². The second kappa shape index (κ2) is 2.76. The Kier molecular flexibility index (Phi) is 1.72. The van der Waals surface area contributed by atoms with Crippen LogP contribution in [-0.4, -0.2) is 5.91 Å². The maximum absolute atomic E-state index is 10.9. The molecule has 1 amide bonds. The van der Waals surface area contributed by atoms with Crippen LogP contribution in [0, 0.1) is 6.42 Å². The van der Waals surface area contributed by atoms with Gasteiger partial charge in [-0.15, -0.1) is 0 Å². The SMILES string of the molecule is NC(=O)c1cccc(C2[CH]C2)c1N. The molecular formula is C10H11N2O. The van der Waals surface area contributed by atoms with E-state index in [1.165, 1.54) is 0 Å². The van der Waals surface area contributed by atoms with Crippen molar-refractivity contribution in [2.75, 3.05) is 5.73 Å². The monoisotopic (exact) mass is 175 g/mol. The predicted molar refractivity (Wildman–Crippen MR) is 51.0 cm³/mol. The molecule has 0 aromatic heterocycles. The summed E-state index contributed by atoms with van der Waals surface area (Å²) in [5.41, 5.74) is 13.0. The number of anilines is 1. The number of rotatable bonds is 2. The summed E-state index contributed by atoms with van der Waals surface area (Å²) in [5.74, 6) is -0.0284. The van der Waals surface area contributed by atoms with Crippen molar-refractivity contribution >= 4 is 11.6 Å². The molecule has 3 heteroatoms. The molecule has 1 unspecified atom stereocenters. The molecule has 1 aliphatic carbocycles. The maximum Gasteiger partial charge on any atom is 0.250 e. The third kappa shape index (κ3) is 1.37. The Morgan fingerprint density at radius 3 is 2.69 bits per heavy atom. The topological polar surface area (TPSA) is 69.1 Å². The molecular weight excluding hydrogens is 164 g/mol. The predicted octanol–water partition coefficient (Wildman–Crippen LogP) is 1.06. The van der Waals surface area contributed by atoms with Crippen molar-refractivity contribution in [2.24, 2.45) is 5.73 Å². The second-order valence-electron chi connectivity index (χ2n) is 3.25. The zero-order chi connectivity index (χ0) is 9.42. The van der Waals surface area contributed by atoms with Crippen LogP contribution in [0.3, 0.4) is 0 Å². The molecule has 2 rings (SSSR count). The molecule has 3 nitrogen and oxygen atoms in total. The fourth-order valence-electron chi connectivity index (χ4n) is 1.44.